The van der Waals surface area contributed by atoms with Gasteiger partial charge in [0.25, 0.3) is 0 Å². The van der Waals surface area contributed by atoms with Crippen LogP contribution >= 0.6 is 0 Å². The summed E-state index contributed by atoms with van der Waals surface area (Å²) in [6.45, 7) is 13.5. The molecule has 0 fully saturated rings. The summed E-state index contributed by atoms with van der Waals surface area (Å²) < 4.78 is 38.4. The fourth-order valence-corrected chi connectivity index (χ4v) is 25.5. The summed E-state index contributed by atoms with van der Waals surface area (Å²) in [6, 6.07) is 0. The first-order chi connectivity index (χ1) is 11.4. The van der Waals surface area contributed by atoms with Crippen LogP contribution in [0.5, 0.6) is 0 Å². The van der Waals surface area contributed by atoms with Gasteiger partial charge >= 0.3 is 17.6 Å². The van der Waals surface area contributed by atoms with Crippen LogP contribution < -0.4 is 4.65 Å². The lowest BCUT2D eigenvalue weighted by atomic mass is 10.9. The van der Waals surface area contributed by atoms with Gasteiger partial charge in [-0.05, 0) is 0 Å². The summed E-state index contributed by atoms with van der Waals surface area (Å²) in [5.74, 6) is 0. The van der Waals surface area contributed by atoms with Crippen LogP contribution in [0.25, 0.3) is 0 Å². The van der Waals surface area contributed by atoms with E-state index >= 15 is 0 Å². The molecule has 0 aromatic heterocycles. The van der Waals surface area contributed by atoms with Crippen LogP contribution in [0.2, 0.25) is 36.5 Å². The van der Waals surface area contributed by atoms with Gasteiger partial charge in [-0.2, -0.15) is 0 Å². The summed E-state index contributed by atoms with van der Waals surface area (Å²) >= 11 is 0. The molecule has 0 saturated carbocycles. The number of hydrogen-bond acceptors (Lipinski definition) is 7. The molecule has 0 heterocycles. The first kappa shape index (κ1) is 25.6. The zero-order valence-electron chi connectivity index (χ0n) is 18.1. The van der Waals surface area contributed by atoms with Gasteiger partial charge in [0.05, 0.1) is 0 Å². The molecule has 0 rings (SSSR count). The summed E-state index contributed by atoms with van der Waals surface area (Å²) in [7, 11) is 0.647. The predicted molar refractivity (Wildman–Crippen MR) is 111 cm³/mol. The summed E-state index contributed by atoms with van der Waals surface area (Å²) in [5, 5.41) is 0.366. The molecule has 7 nitrogen and oxygen atoms in total. The largest absolute Gasteiger partial charge is 0.501 e. The van der Waals surface area contributed by atoms with Crippen molar-refractivity contribution in [2.75, 3.05) is 42.7 Å². The lowest BCUT2D eigenvalue weighted by Crippen LogP contribution is -2.71. The fraction of sp³-hybridized carbons (Fsp3) is 1.00. The molecular weight excluding hydrogens is 390 g/mol. The van der Waals surface area contributed by atoms with E-state index in [1.54, 1.807) is 42.7 Å². The summed E-state index contributed by atoms with van der Waals surface area (Å²) in [4.78, 5) is 0. The molecule has 0 aliphatic heterocycles. The number of rotatable bonds is 12. The second-order valence-electron chi connectivity index (χ2n) is 7.44. The zero-order chi connectivity index (χ0) is 20.1. The van der Waals surface area contributed by atoms with Gasteiger partial charge in [0.2, 0.25) is 0 Å². The van der Waals surface area contributed by atoms with E-state index in [0.717, 1.165) is 0 Å². The van der Waals surface area contributed by atoms with Crippen LogP contribution in [-0.4, -0.2) is 76.7 Å². The first-order valence-corrected chi connectivity index (χ1v) is 18.2. The van der Waals surface area contributed by atoms with Gasteiger partial charge in [0.15, 0.2) is 0 Å². The van der Waals surface area contributed by atoms with Crippen LogP contribution in [0.4, 0.5) is 0 Å². The monoisotopic (exact) mass is 429 g/mol. The Labute approximate surface area is 158 Å². The normalized spacial score (nSPS) is 16.8. The highest BCUT2D eigenvalue weighted by Crippen LogP contribution is 2.36. The fourth-order valence-electron chi connectivity index (χ4n) is 3.49. The average molecular weight is 430 g/mol. The van der Waals surface area contributed by atoms with Crippen LogP contribution in [0.1, 0.15) is 13.8 Å². The Morgan fingerprint density at radius 2 is 0.720 bits per heavy atom. The SMILES string of the molecule is CO[Si](OC)(OC)C(C)[Si](C)(C)N[Si](C)(C)C(C)[Si](OC)(OC)OC. The topological polar surface area (TPSA) is 67.4 Å². The first-order valence-electron chi connectivity index (χ1n) is 8.48. The molecular formula is C14H39NO6Si4. The molecule has 25 heavy (non-hydrogen) atoms. The molecule has 0 aromatic rings. The maximum Gasteiger partial charge on any atom is 0.501 e. The summed E-state index contributed by atoms with van der Waals surface area (Å²) in [5.41, 5.74) is 0. The average Bonchev–Trinajstić information content (AvgIpc) is 2.58. The van der Waals surface area contributed by atoms with E-state index in [-0.39, 0.29) is 10.3 Å². The van der Waals surface area contributed by atoms with Crippen molar-refractivity contribution in [1.29, 1.82) is 0 Å². The highest BCUT2D eigenvalue weighted by molar-refractivity contribution is 7.01. The van der Waals surface area contributed by atoms with E-state index in [1.165, 1.54) is 0 Å². The molecule has 2 unspecified atom stereocenters. The molecule has 0 aliphatic rings. The van der Waals surface area contributed by atoms with Crippen LogP contribution in [0.3, 0.4) is 0 Å². The Kier molecular flexibility index (Phi) is 9.91. The lowest BCUT2D eigenvalue weighted by molar-refractivity contribution is 0.120. The van der Waals surface area contributed by atoms with Crippen molar-refractivity contribution < 1.29 is 26.6 Å². The Balaban J connectivity index is 5.63. The molecule has 0 bridgehead atoms. The predicted octanol–water partition coefficient (Wildman–Crippen LogP) is 2.60. The third-order valence-corrected chi connectivity index (χ3v) is 27.0. The second kappa shape index (κ2) is 9.68. The minimum atomic E-state index is -2.72. The highest BCUT2D eigenvalue weighted by atomic mass is 28.5. The Morgan fingerprint density at radius 1 is 0.520 bits per heavy atom. The zero-order valence-corrected chi connectivity index (χ0v) is 22.1. The second-order valence-corrected chi connectivity index (χ2v) is 24.8. The summed E-state index contributed by atoms with van der Waals surface area (Å²) in [6.07, 6.45) is 0. The standard InChI is InChI=1S/C14H39NO6Si4/c1-13(24(16-3,17-4)18-5)22(9,10)15-23(11,12)14(2)25(19-6,20-7)21-8/h13-15H,1-12H3. The molecule has 0 spiro atoms. The van der Waals surface area contributed by atoms with Crippen molar-refractivity contribution in [1.82, 2.24) is 4.65 Å². The number of hydrogen-bond donors (Lipinski definition) is 1. The van der Waals surface area contributed by atoms with Gasteiger partial charge < -0.3 is 31.2 Å². The molecule has 0 radical (unpaired) electrons. The van der Waals surface area contributed by atoms with Crippen molar-refractivity contribution in [2.45, 2.75) is 50.4 Å². The smallest absolute Gasteiger partial charge is 0.377 e. The van der Waals surface area contributed by atoms with E-state index in [1.807, 2.05) is 0 Å². The molecule has 0 amide bonds. The lowest BCUT2D eigenvalue weighted by Gasteiger charge is -2.46. The maximum atomic E-state index is 5.73. The van der Waals surface area contributed by atoms with Crippen LogP contribution in [0.15, 0.2) is 0 Å². The molecule has 2 atom stereocenters. The van der Waals surface area contributed by atoms with Crippen LogP contribution in [-0.2, 0) is 26.6 Å². The Hall–Kier alpha value is 0.588. The quantitative estimate of drug-likeness (QED) is 0.478. The molecule has 1 N–H and O–H groups in total. The van der Waals surface area contributed by atoms with Crippen molar-refractivity contribution >= 4 is 34.1 Å². The van der Waals surface area contributed by atoms with Crippen LogP contribution in [0, 0.1) is 0 Å². The minimum Gasteiger partial charge on any atom is -0.377 e. The third kappa shape index (κ3) is 5.31. The van der Waals surface area contributed by atoms with Crippen molar-refractivity contribution in [3.8, 4) is 0 Å². The van der Waals surface area contributed by atoms with Gasteiger partial charge in [-0.15, -0.1) is 0 Å². The van der Waals surface area contributed by atoms with E-state index in [9.17, 15) is 0 Å². The van der Waals surface area contributed by atoms with E-state index in [4.69, 9.17) is 26.6 Å². The van der Waals surface area contributed by atoms with Gasteiger partial charge in [0.1, 0.15) is 16.5 Å². The van der Waals surface area contributed by atoms with Gasteiger partial charge in [0, 0.05) is 53.0 Å². The Morgan fingerprint density at radius 3 is 0.880 bits per heavy atom. The number of nitrogens with one attached hydrogen (secondary N) is 1. The molecule has 0 aromatic carbocycles. The maximum absolute atomic E-state index is 5.73. The van der Waals surface area contributed by atoms with Crippen molar-refractivity contribution in [3.05, 3.63) is 0 Å². The van der Waals surface area contributed by atoms with Gasteiger partial charge in [-0.3, -0.25) is 0 Å². The third-order valence-electron chi connectivity index (χ3n) is 5.58. The molecule has 11 heteroatoms. The highest BCUT2D eigenvalue weighted by Gasteiger charge is 2.58. The minimum absolute atomic E-state index is 0.183. The molecule has 0 saturated heterocycles. The molecule has 152 valence electrons. The van der Waals surface area contributed by atoms with Crippen molar-refractivity contribution in [2.24, 2.45) is 0 Å². The molecule has 0 aliphatic carbocycles. The van der Waals surface area contributed by atoms with Gasteiger partial charge in [-0.1, -0.05) is 40.0 Å². The van der Waals surface area contributed by atoms with Crippen molar-refractivity contribution in [3.63, 3.8) is 0 Å². The van der Waals surface area contributed by atoms with E-state index in [0.29, 0.717) is 0 Å². The van der Waals surface area contributed by atoms with E-state index < -0.39 is 34.1 Å². The Bertz CT molecular complexity index is 352. The van der Waals surface area contributed by atoms with Gasteiger partial charge in [-0.25, -0.2) is 0 Å². The van der Waals surface area contributed by atoms with E-state index in [2.05, 4.69) is 44.7 Å².